The van der Waals surface area contributed by atoms with Gasteiger partial charge in [-0.1, -0.05) is 0 Å². The lowest BCUT2D eigenvalue weighted by atomic mass is 10.1. The fourth-order valence-corrected chi connectivity index (χ4v) is 5.21. The number of rotatable bonds is 6. The molecule has 0 radical (unpaired) electrons. The summed E-state index contributed by atoms with van der Waals surface area (Å²) in [5, 5.41) is 6.57. The van der Waals surface area contributed by atoms with E-state index in [4.69, 9.17) is 9.47 Å². The maximum absolute atomic E-state index is 13.6. The molecular formula is C29H30N8O3. The maximum atomic E-state index is 13.6. The Hall–Kier alpha value is -4.77. The number of fused-ring (bicyclic) bond motifs is 2. The fraction of sp³-hybridized carbons (Fsp3) is 0.276. The van der Waals surface area contributed by atoms with E-state index in [1.54, 1.807) is 50.1 Å². The predicted octanol–water partition coefficient (Wildman–Crippen LogP) is 4.22. The Morgan fingerprint density at radius 1 is 1.02 bits per heavy atom. The van der Waals surface area contributed by atoms with Crippen LogP contribution in [0, 0.1) is 6.92 Å². The highest BCUT2D eigenvalue weighted by Crippen LogP contribution is 2.31. The first-order valence-corrected chi connectivity index (χ1v) is 13.1. The molecule has 0 saturated carbocycles. The van der Waals surface area contributed by atoms with Crippen molar-refractivity contribution in [2.45, 2.75) is 32.9 Å². The maximum Gasteiger partial charge on any atom is 0.257 e. The molecule has 11 nitrogen and oxygen atoms in total. The van der Waals surface area contributed by atoms with Crippen LogP contribution in [0.15, 0.2) is 61.3 Å². The van der Waals surface area contributed by atoms with E-state index < -0.39 is 0 Å². The third-order valence-electron chi connectivity index (χ3n) is 6.79. The number of carbonyl (C=O) groups is 1. The number of hydrogen-bond acceptors (Lipinski definition) is 9. The van der Waals surface area contributed by atoms with E-state index in [0.29, 0.717) is 57.4 Å². The molecule has 6 rings (SSSR count). The molecule has 40 heavy (non-hydrogen) atoms. The van der Waals surface area contributed by atoms with E-state index in [1.807, 2.05) is 29.7 Å². The van der Waals surface area contributed by atoms with E-state index in [-0.39, 0.29) is 5.91 Å². The van der Waals surface area contributed by atoms with Gasteiger partial charge in [-0.25, -0.2) is 9.97 Å². The number of nitrogens with zero attached hydrogens (tertiary/aromatic N) is 6. The second-order valence-electron chi connectivity index (χ2n) is 10.1. The molecule has 2 atom stereocenters. The number of aryl methyl sites for hydroxylation is 1. The average Bonchev–Trinajstić information content (AvgIpc) is 3.32. The van der Waals surface area contributed by atoms with Crippen LogP contribution in [0.2, 0.25) is 0 Å². The Bertz CT molecular complexity index is 1690. The highest BCUT2D eigenvalue weighted by atomic mass is 16.5. The van der Waals surface area contributed by atoms with E-state index in [1.165, 1.54) is 0 Å². The smallest absolute Gasteiger partial charge is 0.257 e. The molecule has 1 saturated heterocycles. The highest BCUT2D eigenvalue weighted by Gasteiger charge is 2.25. The Labute approximate surface area is 231 Å². The van der Waals surface area contributed by atoms with Gasteiger partial charge in [-0.3, -0.25) is 14.8 Å². The van der Waals surface area contributed by atoms with Crippen molar-refractivity contribution in [3.05, 3.63) is 72.6 Å². The number of hydrogen-bond donors (Lipinski definition) is 2. The number of imidazole rings is 1. The zero-order valence-corrected chi connectivity index (χ0v) is 22.8. The van der Waals surface area contributed by atoms with Crippen molar-refractivity contribution in [1.29, 1.82) is 0 Å². The van der Waals surface area contributed by atoms with Crippen molar-refractivity contribution >= 4 is 34.0 Å². The molecule has 5 heterocycles. The van der Waals surface area contributed by atoms with Gasteiger partial charge in [0.05, 0.1) is 35.9 Å². The molecule has 1 aromatic carbocycles. The summed E-state index contributed by atoms with van der Waals surface area (Å²) in [6, 6.07) is 9.68. The summed E-state index contributed by atoms with van der Waals surface area (Å²) < 4.78 is 13.1. The van der Waals surface area contributed by atoms with Gasteiger partial charge in [0.25, 0.3) is 5.91 Å². The Morgan fingerprint density at radius 3 is 2.52 bits per heavy atom. The molecule has 1 amide bonds. The largest absolute Gasteiger partial charge is 0.481 e. The predicted molar refractivity (Wildman–Crippen MR) is 153 cm³/mol. The molecule has 204 valence electrons. The third-order valence-corrected chi connectivity index (χ3v) is 6.79. The van der Waals surface area contributed by atoms with Gasteiger partial charge < -0.3 is 29.4 Å². The summed E-state index contributed by atoms with van der Waals surface area (Å²) in [7, 11) is 1.56. The molecule has 1 fully saturated rings. The molecule has 0 bridgehead atoms. The number of pyridine rings is 2. The number of ether oxygens (including phenoxy) is 2. The Kier molecular flexibility index (Phi) is 6.64. The van der Waals surface area contributed by atoms with Crippen LogP contribution in [0.25, 0.3) is 16.7 Å². The van der Waals surface area contributed by atoms with Gasteiger partial charge in [-0.05, 0) is 39.0 Å². The van der Waals surface area contributed by atoms with Crippen molar-refractivity contribution in [3.63, 3.8) is 0 Å². The molecule has 5 aromatic rings. The topological polar surface area (TPSA) is 119 Å². The third kappa shape index (κ3) is 4.98. The lowest BCUT2D eigenvalue weighted by Crippen LogP contribution is -2.54. The van der Waals surface area contributed by atoms with E-state index >= 15 is 0 Å². The lowest BCUT2D eigenvalue weighted by Gasteiger charge is -2.38. The number of benzene rings is 1. The normalized spacial score (nSPS) is 17.2. The van der Waals surface area contributed by atoms with E-state index in [9.17, 15) is 4.79 Å². The van der Waals surface area contributed by atoms with E-state index in [0.717, 1.165) is 24.5 Å². The molecule has 11 heteroatoms. The van der Waals surface area contributed by atoms with Crippen molar-refractivity contribution in [2.75, 3.05) is 30.4 Å². The van der Waals surface area contributed by atoms with Crippen LogP contribution >= 0.6 is 0 Å². The fourth-order valence-electron chi connectivity index (χ4n) is 5.21. The summed E-state index contributed by atoms with van der Waals surface area (Å²) in [6.45, 7) is 7.92. The quantitative estimate of drug-likeness (QED) is 0.327. The minimum atomic E-state index is -0.299. The lowest BCUT2D eigenvalue weighted by molar-refractivity contribution is 0.102. The molecule has 4 aromatic heterocycles. The molecule has 2 N–H and O–H groups in total. The minimum Gasteiger partial charge on any atom is -0.481 e. The van der Waals surface area contributed by atoms with Gasteiger partial charge in [-0.15, -0.1) is 0 Å². The number of anilines is 2. The van der Waals surface area contributed by atoms with Crippen LogP contribution in [0.4, 0.5) is 11.4 Å². The van der Waals surface area contributed by atoms with Crippen LogP contribution in [-0.2, 0) is 0 Å². The minimum absolute atomic E-state index is 0.299. The van der Waals surface area contributed by atoms with Crippen LogP contribution in [0.1, 0.15) is 29.9 Å². The van der Waals surface area contributed by atoms with E-state index in [2.05, 4.69) is 49.3 Å². The monoisotopic (exact) mass is 538 g/mol. The first-order valence-electron chi connectivity index (χ1n) is 13.1. The number of amides is 1. The van der Waals surface area contributed by atoms with Crippen molar-refractivity contribution in [2.24, 2.45) is 0 Å². The van der Waals surface area contributed by atoms with Crippen LogP contribution in [0.3, 0.4) is 0 Å². The number of methoxy groups -OCH3 is 1. The molecule has 2 unspecified atom stereocenters. The van der Waals surface area contributed by atoms with Crippen molar-refractivity contribution < 1.29 is 14.3 Å². The van der Waals surface area contributed by atoms with Gasteiger partial charge >= 0.3 is 0 Å². The molecule has 1 aliphatic rings. The Morgan fingerprint density at radius 2 is 1.80 bits per heavy atom. The first kappa shape index (κ1) is 25.5. The summed E-state index contributed by atoms with van der Waals surface area (Å²) in [6.07, 6.45) is 8.52. The van der Waals surface area contributed by atoms with Crippen LogP contribution < -0.4 is 25.0 Å². The highest BCUT2D eigenvalue weighted by molar-refractivity contribution is 6.13. The van der Waals surface area contributed by atoms with Crippen molar-refractivity contribution in [1.82, 2.24) is 29.7 Å². The van der Waals surface area contributed by atoms with Crippen LogP contribution in [0.5, 0.6) is 17.4 Å². The van der Waals surface area contributed by atoms with Gasteiger partial charge in [0, 0.05) is 62.1 Å². The number of carbonyl (C=O) groups excluding carboxylic acids is 1. The van der Waals surface area contributed by atoms with Gasteiger partial charge in [0.1, 0.15) is 16.8 Å². The second-order valence-corrected chi connectivity index (χ2v) is 10.1. The second kappa shape index (κ2) is 10.4. The SMILES string of the molecule is COc1ccc(Oc2cc(NC(=O)c3ccc(N4CC(C)NC(C)C4)c4nccnc34)cn3cc(C)nc23)cn1. The summed E-state index contributed by atoms with van der Waals surface area (Å²) in [5.41, 5.74) is 4.63. The average molecular weight is 539 g/mol. The molecule has 0 spiro atoms. The number of aromatic nitrogens is 5. The zero-order chi connectivity index (χ0) is 27.8. The standard InChI is InChI=1S/C29H30N8O3/c1-17-13-36(14-18(2)33-17)23-7-6-22(26-27(23)31-10-9-30-26)29(38)35-20-11-24(28-34-19(3)15-37(28)16-20)40-21-5-8-25(39-4)32-12-21/h5-12,15-18,33H,13-14H2,1-4H3,(H,35,38). The van der Waals surface area contributed by atoms with Gasteiger partial charge in [0.2, 0.25) is 5.88 Å². The summed E-state index contributed by atoms with van der Waals surface area (Å²) >= 11 is 0. The number of piperazine rings is 1. The van der Waals surface area contributed by atoms with Crippen molar-refractivity contribution in [3.8, 4) is 17.4 Å². The van der Waals surface area contributed by atoms with Gasteiger partial charge in [-0.2, -0.15) is 0 Å². The molecule has 0 aliphatic carbocycles. The van der Waals surface area contributed by atoms with Gasteiger partial charge in [0.15, 0.2) is 11.4 Å². The number of nitrogens with one attached hydrogen (secondary N) is 2. The molecular weight excluding hydrogens is 508 g/mol. The molecule has 1 aliphatic heterocycles. The van der Waals surface area contributed by atoms with Crippen LogP contribution in [-0.4, -0.2) is 62.5 Å². The zero-order valence-electron chi connectivity index (χ0n) is 22.8. The summed E-state index contributed by atoms with van der Waals surface area (Å²) in [4.78, 5) is 33.9. The first-order chi connectivity index (χ1) is 19.4. The summed E-state index contributed by atoms with van der Waals surface area (Å²) in [5.74, 6) is 1.17. The Balaban J connectivity index is 1.32.